The van der Waals surface area contributed by atoms with Gasteiger partial charge in [0.15, 0.2) is 0 Å². The lowest BCUT2D eigenvalue weighted by Crippen LogP contribution is -2.42. The number of aromatic nitrogens is 2. The SMILES string of the molecule is N#Cc1cnc(NC2CCN(S(=O)(=O)c3ccc(NC4CCNCC4)cc3)CC2)nc1O[C@H]1CCOC1. The summed E-state index contributed by atoms with van der Waals surface area (Å²) in [4.78, 5) is 8.96. The Balaban J connectivity index is 1.16. The van der Waals surface area contributed by atoms with Crippen LogP contribution in [0.1, 0.15) is 37.7 Å². The molecule has 1 aromatic heterocycles. The van der Waals surface area contributed by atoms with Gasteiger partial charge in [-0.25, -0.2) is 13.4 Å². The van der Waals surface area contributed by atoms with E-state index in [2.05, 4.69) is 32.0 Å². The average molecular weight is 528 g/mol. The summed E-state index contributed by atoms with van der Waals surface area (Å²) in [6.45, 7) is 3.89. The summed E-state index contributed by atoms with van der Waals surface area (Å²) in [5, 5.41) is 19.5. The molecule has 0 amide bonds. The molecule has 0 unspecified atom stereocenters. The first kappa shape index (κ1) is 25.7. The number of sulfonamides is 1. The van der Waals surface area contributed by atoms with E-state index in [1.807, 2.05) is 12.1 Å². The van der Waals surface area contributed by atoms with Gasteiger partial charge in [-0.2, -0.15) is 14.6 Å². The Labute approximate surface area is 217 Å². The molecular weight excluding hydrogens is 494 g/mol. The van der Waals surface area contributed by atoms with Gasteiger partial charge in [0.05, 0.1) is 24.3 Å². The smallest absolute Gasteiger partial charge is 0.243 e. The second-order valence-corrected chi connectivity index (χ2v) is 11.6. The predicted octanol–water partition coefficient (Wildman–Crippen LogP) is 1.95. The Morgan fingerprint density at radius 1 is 1.05 bits per heavy atom. The van der Waals surface area contributed by atoms with Crippen LogP contribution in [0, 0.1) is 11.3 Å². The fraction of sp³-hybridized carbons (Fsp3) is 0.560. The summed E-state index contributed by atoms with van der Waals surface area (Å²) < 4.78 is 39.2. The average Bonchev–Trinajstić information content (AvgIpc) is 3.43. The highest BCUT2D eigenvalue weighted by Gasteiger charge is 2.30. The minimum absolute atomic E-state index is 0.0126. The number of nitrogens with zero attached hydrogens (tertiary/aromatic N) is 4. The summed E-state index contributed by atoms with van der Waals surface area (Å²) >= 11 is 0. The van der Waals surface area contributed by atoms with E-state index in [9.17, 15) is 13.7 Å². The lowest BCUT2D eigenvalue weighted by molar-refractivity contribution is 0.138. The van der Waals surface area contributed by atoms with Crippen LogP contribution >= 0.6 is 0 Å². The second kappa shape index (κ2) is 11.6. The Morgan fingerprint density at radius 2 is 1.78 bits per heavy atom. The van der Waals surface area contributed by atoms with Gasteiger partial charge in [-0.1, -0.05) is 0 Å². The van der Waals surface area contributed by atoms with E-state index in [1.54, 1.807) is 12.1 Å². The van der Waals surface area contributed by atoms with Crippen molar-refractivity contribution in [1.82, 2.24) is 19.6 Å². The summed E-state index contributed by atoms with van der Waals surface area (Å²) in [6.07, 6.45) is 5.42. The summed E-state index contributed by atoms with van der Waals surface area (Å²) in [6, 6.07) is 9.56. The van der Waals surface area contributed by atoms with Crippen molar-refractivity contribution in [2.24, 2.45) is 0 Å². The largest absolute Gasteiger partial charge is 0.471 e. The molecule has 3 fully saturated rings. The van der Waals surface area contributed by atoms with Crippen LogP contribution in [0.25, 0.3) is 0 Å². The Kier molecular flexibility index (Phi) is 8.05. The fourth-order valence-corrected chi connectivity index (χ4v) is 6.33. The second-order valence-electron chi connectivity index (χ2n) is 9.64. The van der Waals surface area contributed by atoms with Gasteiger partial charge in [0.25, 0.3) is 0 Å². The number of nitrogens with one attached hydrogen (secondary N) is 3. The first-order valence-electron chi connectivity index (χ1n) is 12.9. The number of hydrogen-bond donors (Lipinski definition) is 3. The monoisotopic (exact) mass is 527 g/mol. The van der Waals surface area contributed by atoms with Crippen molar-refractivity contribution in [3.63, 3.8) is 0 Å². The molecule has 2 aromatic rings. The van der Waals surface area contributed by atoms with Gasteiger partial charge in [0.2, 0.25) is 21.9 Å². The van der Waals surface area contributed by atoms with Gasteiger partial charge in [0, 0.05) is 37.3 Å². The molecule has 0 radical (unpaired) electrons. The first-order chi connectivity index (χ1) is 18.0. The molecule has 1 aromatic carbocycles. The van der Waals surface area contributed by atoms with Crippen molar-refractivity contribution in [2.75, 3.05) is 50.0 Å². The van der Waals surface area contributed by atoms with Crippen LogP contribution in [0.15, 0.2) is 35.4 Å². The molecule has 198 valence electrons. The minimum atomic E-state index is -3.57. The highest BCUT2D eigenvalue weighted by atomic mass is 32.2. The van der Waals surface area contributed by atoms with Crippen LogP contribution in [0.2, 0.25) is 0 Å². The molecule has 3 aliphatic rings. The Bertz CT molecular complexity index is 1200. The molecule has 12 heteroatoms. The van der Waals surface area contributed by atoms with Gasteiger partial charge in [0.1, 0.15) is 17.7 Å². The predicted molar refractivity (Wildman–Crippen MR) is 138 cm³/mol. The molecule has 0 spiro atoms. The number of ether oxygens (including phenoxy) is 2. The van der Waals surface area contributed by atoms with Gasteiger partial charge in [-0.05, 0) is 63.0 Å². The molecular formula is C25H33N7O4S. The van der Waals surface area contributed by atoms with E-state index in [0.29, 0.717) is 56.0 Å². The fourth-order valence-electron chi connectivity index (χ4n) is 4.86. The summed E-state index contributed by atoms with van der Waals surface area (Å²) in [5.41, 5.74) is 1.22. The Morgan fingerprint density at radius 3 is 2.46 bits per heavy atom. The van der Waals surface area contributed by atoms with Crippen molar-refractivity contribution in [2.45, 2.75) is 55.2 Å². The lowest BCUT2D eigenvalue weighted by Gasteiger charge is -2.31. The zero-order valence-electron chi connectivity index (χ0n) is 20.7. The minimum Gasteiger partial charge on any atom is -0.471 e. The number of anilines is 2. The van der Waals surface area contributed by atoms with E-state index in [1.165, 1.54) is 10.5 Å². The summed E-state index contributed by atoms with van der Waals surface area (Å²) in [7, 11) is -3.57. The Hall–Kier alpha value is -2.98. The molecule has 5 rings (SSSR count). The maximum atomic E-state index is 13.2. The quantitative estimate of drug-likeness (QED) is 0.466. The van der Waals surface area contributed by atoms with Crippen molar-refractivity contribution < 1.29 is 17.9 Å². The van der Waals surface area contributed by atoms with Crippen LogP contribution in [-0.4, -0.2) is 80.3 Å². The topological polar surface area (TPSA) is 142 Å². The number of hydrogen-bond acceptors (Lipinski definition) is 10. The third kappa shape index (κ3) is 6.30. The van der Waals surface area contributed by atoms with Crippen molar-refractivity contribution in [3.05, 3.63) is 36.0 Å². The first-order valence-corrected chi connectivity index (χ1v) is 14.3. The maximum absolute atomic E-state index is 13.2. The van der Waals surface area contributed by atoms with Crippen molar-refractivity contribution in [1.29, 1.82) is 5.26 Å². The van der Waals surface area contributed by atoms with Crippen molar-refractivity contribution in [3.8, 4) is 11.9 Å². The van der Waals surface area contributed by atoms with Crippen molar-refractivity contribution >= 4 is 21.7 Å². The molecule has 4 heterocycles. The molecule has 0 aliphatic carbocycles. The van der Waals surface area contributed by atoms with Crippen LogP contribution < -0.4 is 20.7 Å². The van der Waals surface area contributed by atoms with Crippen LogP contribution in [0.3, 0.4) is 0 Å². The van der Waals surface area contributed by atoms with Crippen LogP contribution in [-0.2, 0) is 14.8 Å². The van der Waals surface area contributed by atoms with E-state index < -0.39 is 10.0 Å². The summed E-state index contributed by atoms with van der Waals surface area (Å²) in [5.74, 6) is 0.611. The molecule has 37 heavy (non-hydrogen) atoms. The van der Waals surface area contributed by atoms with E-state index in [-0.39, 0.29) is 23.6 Å². The molecule has 0 bridgehead atoms. The number of rotatable bonds is 8. The normalized spacial score (nSPS) is 21.9. The molecule has 11 nitrogen and oxygen atoms in total. The highest BCUT2D eigenvalue weighted by molar-refractivity contribution is 7.89. The van der Waals surface area contributed by atoms with E-state index in [4.69, 9.17) is 9.47 Å². The van der Waals surface area contributed by atoms with Gasteiger partial charge < -0.3 is 25.4 Å². The molecule has 0 saturated carbocycles. The highest BCUT2D eigenvalue weighted by Crippen LogP contribution is 2.25. The molecule has 3 aliphatic heterocycles. The third-order valence-electron chi connectivity index (χ3n) is 7.03. The van der Waals surface area contributed by atoms with Crippen LogP contribution in [0.5, 0.6) is 5.88 Å². The number of piperidine rings is 2. The third-order valence-corrected chi connectivity index (χ3v) is 8.94. The van der Waals surface area contributed by atoms with Crippen LogP contribution in [0.4, 0.5) is 11.6 Å². The van der Waals surface area contributed by atoms with Gasteiger partial charge in [-0.15, -0.1) is 0 Å². The standard InChI is InChI=1S/C25H33N7O4S/c26-15-18-16-28-25(31-24(18)36-22-9-14-35-17-22)30-21-7-12-32(13-8-21)37(33,34)23-3-1-19(2-4-23)29-20-5-10-27-11-6-20/h1-4,16,20-22,27,29H,5-14,17H2,(H,28,30,31)/t22-/m0/s1. The van der Waals surface area contributed by atoms with E-state index in [0.717, 1.165) is 38.0 Å². The molecule has 1 atom stereocenters. The van der Waals surface area contributed by atoms with Gasteiger partial charge >= 0.3 is 0 Å². The number of nitriles is 1. The number of benzene rings is 1. The zero-order chi connectivity index (χ0) is 25.7. The molecule has 3 saturated heterocycles. The van der Waals surface area contributed by atoms with Gasteiger partial charge in [-0.3, -0.25) is 0 Å². The molecule has 3 N–H and O–H groups in total. The zero-order valence-corrected chi connectivity index (χ0v) is 21.5. The lowest BCUT2D eigenvalue weighted by atomic mass is 10.1. The van der Waals surface area contributed by atoms with E-state index >= 15 is 0 Å². The maximum Gasteiger partial charge on any atom is 0.243 e.